The van der Waals surface area contributed by atoms with Crippen LogP contribution in [0, 0.1) is 0 Å². The van der Waals surface area contributed by atoms with E-state index in [4.69, 9.17) is 0 Å². The van der Waals surface area contributed by atoms with Crippen LogP contribution in [0.5, 0.6) is 0 Å². The summed E-state index contributed by atoms with van der Waals surface area (Å²) in [6, 6.07) is 17.5. The van der Waals surface area contributed by atoms with Crippen molar-refractivity contribution in [1.82, 2.24) is 9.88 Å². The van der Waals surface area contributed by atoms with Gasteiger partial charge in [-0.15, -0.1) is 11.3 Å². The molecule has 3 heterocycles. The fraction of sp³-hybridized carbons (Fsp3) is 0.222. The van der Waals surface area contributed by atoms with E-state index in [1.165, 1.54) is 21.8 Å². The first kappa shape index (κ1) is 12.9. The molecule has 0 bridgehead atoms. The maximum absolute atomic E-state index is 3.84. The molecule has 4 rings (SSSR count). The minimum Gasteiger partial charge on any atom is -0.310 e. The van der Waals surface area contributed by atoms with Gasteiger partial charge in [0.2, 0.25) is 0 Å². The molecule has 1 atom stereocenters. The number of hydrogen-bond acceptors (Lipinski definition) is 2. The van der Waals surface area contributed by atoms with Gasteiger partial charge in [-0.25, -0.2) is 0 Å². The van der Waals surface area contributed by atoms with Gasteiger partial charge in [0.25, 0.3) is 0 Å². The first-order chi connectivity index (χ1) is 10.2. The second kappa shape index (κ2) is 4.58. The van der Waals surface area contributed by atoms with Crippen molar-refractivity contribution in [1.29, 1.82) is 0 Å². The van der Waals surface area contributed by atoms with E-state index < -0.39 is 0 Å². The van der Waals surface area contributed by atoms with Crippen molar-refractivity contribution in [3.8, 4) is 5.00 Å². The molecule has 1 aliphatic heterocycles. The molecule has 0 fully saturated rings. The summed E-state index contributed by atoms with van der Waals surface area (Å²) in [7, 11) is 0. The third-order valence-corrected chi connectivity index (χ3v) is 5.16. The lowest BCUT2D eigenvalue weighted by atomic mass is 9.95. The Balaban J connectivity index is 1.95. The van der Waals surface area contributed by atoms with Crippen molar-refractivity contribution in [2.75, 3.05) is 0 Å². The number of rotatable bonds is 1. The highest BCUT2D eigenvalue weighted by atomic mass is 32.1. The van der Waals surface area contributed by atoms with Gasteiger partial charge in [-0.2, -0.15) is 0 Å². The van der Waals surface area contributed by atoms with Gasteiger partial charge in [0.15, 0.2) is 0 Å². The van der Waals surface area contributed by atoms with E-state index in [9.17, 15) is 0 Å². The molecule has 0 saturated carbocycles. The molecule has 2 nitrogen and oxygen atoms in total. The molecule has 3 heteroatoms. The van der Waals surface area contributed by atoms with Crippen molar-refractivity contribution in [3.05, 3.63) is 76.9 Å². The number of benzene rings is 1. The third-order valence-electron chi connectivity index (χ3n) is 4.23. The highest BCUT2D eigenvalue weighted by molar-refractivity contribution is 7.12. The summed E-state index contributed by atoms with van der Waals surface area (Å²) in [5.41, 5.74) is 3.90. The normalized spacial score (nSPS) is 19.6. The molecule has 3 aromatic rings. The van der Waals surface area contributed by atoms with Crippen molar-refractivity contribution in [2.24, 2.45) is 0 Å². The maximum atomic E-state index is 3.84. The zero-order valence-electron chi connectivity index (χ0n) is 12.2. The Morgan fingerprint density at radius 2 is 1.86 bits per heavy atom. The first-order valence-electron chi connectivity index (χ1n) is 7.25. The minimum absolute atomic E-state index is 0.0806. The van der Waals surface area contributed by atoms with Gasteiger partial charge in [-0.05, 0) is 43.0 Å². The third kappa shape index (κ3) is 1.96. The van der Waals surface area contributed by atoms with E-state index in [0.29, 0.717) is 0 Å². The van der Waals surface area contributed by atoms with E-state index >= 15 is 0 Å². The molecule has 1 unspecified atom stereocenters. The topological polar surface area (TPSA) is 17.0 Å². The van der Waals surface area contributed by atoms with Crippen LogP contribution in [-0.2, 0) is 5.54 Å². The molecule has 2 aromatic heterocycles. The monoisotopic (exact) mass is 294 g/mol. The summed E-state index contributed by atoms with van der Waals surface area (Å²) in [6.07, 6.45) is 2.17. The SMILES string of the molecule is CC1(C)NC(c2ccccc2)c2ccsc2-n2cccc21. The number of nitrogens with one attached hydrogen (secondary N) is 1. The van der Waals surface area contributed by atoms with E-state index in [1.807, 2.05) is 11.3 Å². The van der Waals surface area contributed by atoms with E-state index in [1.54, 1.807) is 0 Å². The Labute approximate surface area is 129 Å². The molecule has 1 aliphatic rings. The molecule has 0 radical (unpaired) electrons. The predicted molar refractivity (Wildman–Crippen MR) is 88.1 cm³/mol. The summed E-state index contributed by atoms with van der Waals surface area (Å²) < 4.78 is 2.33. The molecule has 1 N–H and O–H groups in total. The number of fused-ring (bicyclic) bond motifs is 3. The van der Waals surface area contributed by atoms with E-state index in [0.717, 1.165) is 0 Å². The van der Waals surface area contributed by atoms with Crippen LogP contribution in [0.2, 0.25) is 0 Å². The highest BCUT2D eigenvalue weighted by Gasteiger charge is 2.34. The second-order valence-electron chi connectivity index (χ2n) is 6.06. The Hall–Kier alpha value is -1.84. The van der Waals surface area contributed by atoms with Gasteiger partial charge in [-0.3, -0.25) is 5.32 Å². The summed E-state index contributed by atoms with van der Waals surface area (Å²) in [4.78, 5) is 0. The second-order valence-corrected chi connectivity index (χ2v) is 6.95. The summed E-state index contributed by atoms with van der Waals surface area (Å²) in [6.45, 7) is 4.51. The molecule has 0 aliphatic carbocycles. The van der Waals surface area contributed by atoms with Crippen molar-refractivity contribution in [3.63, 3.8) is 0 Å². The first-order valence-corrected chi connectivity index (χ1v) is 8.13. The zero-order valence-corrected chi connectivity index (χ0v) is 13.0. The average molecular weight is 294 g/mol. The summed E-state index contributed by atoms with van der Waals surface area (Å²) >= 11 is 1.81. The van der Waals surface area contributed by atoms with Crippen LogP contribution in [0.1, 0.15) is 36.7 Å². The largest absolute Gasteiger partial charge is 0.310 e. The smallest absolute Gasteiger partial charge is 0.104 e. The standard InChI is InChI=1S/C18H18N2S/c1-18(2)15-9-6-11-20(15)17-14(10-12-21-17)16(19-18)13-7-4-3-5-8-13/h3-12,16,19H,1-2H3. The van der Waals surface area contributed by atoms with Crippen molar-refractivity contribution >= 4 is 11.3 Å². The Kier molecular flexibility index (Phi) is 2.81. The molecular weight excluding hydrogens is 276 g/mol. The number of nitrogens with zero attached hydrogens (tertiary/aromatic N) is 1. The van der Waals surface area contributed by atoms with Crippen molar-refractivity contribution in [2.45, 2.75) is 25.4 Å². The van der Waals surface area contributed by atoms with Crippen molar-refractivity contribution < 1.29 is 0 Å². The van der Waals surface area contributed by atoms with Crippen LogP contribution < -0.4 is 5.32 Å². The number of thiophene rings is 1. The molecule has 0 amide bonds. The molecular formula is C18H18N2S. The van der Waals surface area contributed by atoms with Gasteiger partial charge < -0.3 is 4.57 Å². The van der Waals surface area contributed by atoms with Gasteiger partial charge in [-0.1, -0.05) is 30.3 Å². The van der Waals surface area contributed by atoms with Gasteiger partial charge in [0.05, 0.1) is 11.6 Å². The highest BCUT2D eigenvalue weighted by Crippen LogP contribution is 2.39. The quantitative estimate of drug-likeness (QED) is 0.701. The molecule has 0 saturated heterocycles. The summed E-state index contributed by atoms with van der Waals surface area (Å²) in [5, 5.41) is 7.35. The average Bonchev–Trinajstić information content (AvgIpc) is 3.12. The fourth-order valence-electron chi connectivity index (χ4n) is 3.21. The fourth-order valence-corrected chi connectivity index (χ4v) is 4.15. The van der Waals surface area contributed by atoms with Gasteiger partial charge >= 0.3 is 0 Å². The van der Waals surface area contributed by atoms with E-state index in [2.05, 4.69) is 83.8 Å². The lowest BCUT2D eigenvalue weighted by Crippen LogP contribution is -2.39. The van der Waals surface area contributed by atoms with Crippen LogP contribution in [-0.4, -0.2) is 4.57 Å². The van der Waals surface area contributed by atoms with Gasteiger partial charge in [0, 0.05) is 17.5 Å². The lowest BCUT2D eigenvalue weighted by molar-refractivity contribution is 0.366. The van der Waals surface area contributed by atoms with Gasteiger partial charge in [0.1, 0.15) is 5.00 Å². The molecule has 0 spiro atoms. The van der Waals surface area contributed by atoms with Crippen LogP contribution in [0.4, 0.5) is 0 Å². The summed E-state index contributed by atoms with van der Waals surface area (Å²) in [5.74, 6) is 0. The number of aromatic nitrogens is 1. The molecule has 21 heavy (non-hydrogen) atoms. The maximum Gasteiger partial charge on any atom is 0.104 e. The van der Waals surface area contributed by atoms with Crippen LogP contribution in [0.25, 0.3) is 5.00 Å². The Morgan fingerprint density at radius 1 is 1.05 bits per heavy atom. The Bertz CT molecular complexity index is 767. The molecule has 1 aromatic carbocycles. The zero-order chi connectivity index (χ0) is 14.4. The lowest BCUT2D eigenvalue weighted by Gasteiger charge is -2.30. The Morgan fingerprint density at radius 3 is 2.67 bits per heavy atom. The molecule has 106 valence electrons. The minimum atomic E-state index is -0.0806. The van der Waals surface area contributed by atoms with Crippen LogP contribution in [0.15, 0.2) is 60.1 Å². The number of hydrogen-bond donors (Lipinski definition) is 1. The predicted octanol–water partition coefficient (Wildman–Crippen LogP) is 4.47. The van der Waals surface area contributed by atoms with E-state index in [-0.39, 0.29) is 11.6 Å². The van der Waals surface area contributed by atoms with Crippen LogP contribution >= 0.6 is 11.3 Å². The van der Waals surface area contributed by atoms with Crippen LogP contribution in [0.3, 0.4) is 0 Å².